The average molecular weight is 376 g/mol. The van der Waals surface area contributed by atoms with Crippen molar-refractivity contribution in [2.45, 2.75) is 0 Å². The summed E-state index contributed by atoms with van der Waals surface area (Å²) in [5.74, 6) is -0.0318. The highest BCUT2D eigenvalue weighted by Gasteiger charge is 2.17. The number of imidazole rings is 2. The molecule has 0 saturated carbocycles. The van der Waals surface area contributed by atoms with Crippen LogP contribution in [0.5, 0.6) is 0 Å². The molecule has 0 atom stereocenters. The first-order chi connectivity index (χ1) is 13.5. The number of nitrogens with zero attached hydrogens (tertiary/aromatic N) is 6. The van der Waals surface area contributed by atoms with Crippen LogP contribution in [0.15, 0.2) is 83.5 Å². The zero-order valence-corrected chi connectivity index (χ0v) is 14.2. The zero-order valence-electron chi connectivity index (χ0n) is 14.2. The minimum absolute atomic E-state index is 0.0159. The van der Waals surface area contributed by atoms with Gasteiger partial charge in [0.05, 0.1) is 22.5 Å². The van der Waals surface area contributed by atoms with E-state index in [1.807, 2.05) is 0 Å². The highest BCUT2D eigenvalue weighted by atomic mass is 16.5. The maximum atomic E-state index is 11.6. The molecule has 2 aromatic heterocycles. The van der Waals surface area contributed by atoms with E-state index < -0.39 is 0 Å². The van der Waals surface area contributed by atoms with E-state index in [1.54, 1.807) is 48.5 Å². The van der Waals surface area contributed by atoms with Crippen molar-refractivity contribution in [1.29, 1.82) is 0 Å². The van der Waals surface area contributed by atoms with Crippen LogP contribution in [0.3, 0.4) is 0 Å². The molecule has 0 fully saturated rings. The minimum atomic E-state index is -0.0159. The van der Waals surface area contributed by atoms with E-state index >= 15 is 0 Å². The molecule has 2 radical (unpaired) electrons. The quantitative estimate of drug-likeness (QED) is 0.308. The van der Waals surface area contributed by atoms with Crippen LogP contribution in [0.25, 0.3) is 22.8 Å². The summed E-state index contributed by atoms with van der Waals surface area (Å²) in [4.78, 5) is 0. The van der Waals surface area contributed by atoms with Crippen molar-refractivity contribution >= 4 is 11.4 Å². The minimum Gasteiger partial charge on any atom is -0.710 e. The summed E-state index contributed by atoms with van der Waals surface area (Å²) in [5, 5.41) is 54.6. The second-order valence-electron chi connectivity index (χ2n) is 5.84. The third-order valence-corrected chi connectivity index (χ3v) is 4.04. The molecule has 0 aliphatic carbocycles. The van der Waals surface area contributed by atoms with Crippen molar-refractivity contribution in [2.24, 2.45) is 10.2 Å². The van der Waals surface area contributed by atoms with Gasteiger partial charge in [0.15, 0.2) is 12.4 Å². The van der Waals surface area contributed by atoms with Crippen LogP contribution in [0, 0.1) is 10.4 Å². The van der Waals surface area contributed by atoms with Gasteiger partial charge in [0, 0.05) is 9.46 Å². The van der Waals surface area contributed by atoms with Crippen LogP contribution in [-0.4, -0.2) is 9.46 Å². The van der Waals surface area contributed by atoms with Crippen molar-refractivity contribution in [1.82, 2.24) is 9.46 Å². The summed E-state index contributed by atoms with van der Waals surface area (Å²) in [6, 6.07) is 12.9. The summed E-state index contributed by atoms with van der Waals surface area (Å²) in [6.45, 7) is 0. The van der Waals surface area contributed by atoms with Gasteiger partial charge in [-0.05, 0) is 48.5 Å². The molecule has 0 unspecified atom stereocenters. The van der Waals surface area contributed by atoms with Crippen molar-refractivity contribution in [3.63, 3.8) is 0 Å². The lowest BCUT2D eigenvalue weighted by atomic mass is 10.2. The Balaban J connectivity index is 1.52. The molecule has 10 heteroatoms. The number of hydrogen-bond donors (Lipinski definition) is 0. The molecule has 10 nitrogen and oxygen atoms in total. The topological polar surface area (TPSA) is 128 Å². The third kappa shape index (κ3) is 3.09. The molecular weight excluding hydrogens is 364 g/mol. The summed E-state index contributed by atoms with van der Waals surface area (Å²) >= 11 is 0. The van der Waals surface area contributed by atoms with Crippen molar-refractivity contribution < 1.29 is 19.9 Å². The maximum absolute atomic E-state index is 11.6. The van der Waals surface area contributed by atoms with Crippen LogP contribution in [0.2, 0.25) is 0 Å². The number of azo groups is 1. The number of aromatic nitrogens is 4. The Morgan fingerprint density at radius 2 is 1.00 bits per heavy atom. The first-order valence-electron chi connectivity index (χ1n) is 8.11. The predicted octanol–water partition coefficient (Wildman–Crippen LogP) is 2.69. The summed E-state index contributed by atoms with van der Waals surface area (Å²) in [7, 11) is 0. The highest BCUT2D eigenvalue weighted by molar-refractivity contribution is 5.58. The Morgan fingerprint density at radius 3 is 1.29 bits per heavy atom. The largest absolute Gasteiger partial charge is 0.710 e. The van der Waals surface area contributed by atoms with E-state index in [4.69, 9.17) is 0 Å². The number of rotatable bonds is 4. The van der Waals surface area contributed by atoms with E-state index in [9.17, 15) is 20.8 Å². The van der Waals surface area contributed by atoms with Gasteiger partial charge < -0.3 is 10.4 Å². The Labute approximate surface area is 158 Å². The van der Waals surface area contributed by atoms with E-state index in [0.29, 0.717) is 41.4 Å². The molecule has 4 aromatic rings. The van der Waals surface area contributed by atoms with Crippen LogP contribution in [0.4, 0.5) is 11.4 Å². The molecule has 138 valence electrons. The Kier molecular flexibility index (Phi) is 4.13. The lowest BCUT2D eigenvalue weighted by Gasteiger charge is -2.02. The Hall–Kier alpha value is -4.34. The first kappa shape index (κ1) is 17.1. The molecule has 0 aliphatic heterocycles. The fraction of sp³-hybridized carbons (Fsp3) is 0. The average Bonchev–Trinajstić information content (AvgIpc) is 3.22. The molecule has 0 spiro atoms. The second kappa shape index (κ2) is 6.76. The van der Waals surface area contributed by atoms with Crippen LogP contribution < -0.4 is 9.46 Å². The number of hydrogen-bond acceptors (Lipinski definition) is 4. The lowest BCUT2D eigenvalue weighted by molar-refractivity contribution is -0.594. The monoisotopic (exact) mass is 376 g/mol. The molecule has 2 aromatic carbocycles. The maximum Gasteiger partial charge on any atom is 0.336 e. The molecule has 0 saturated heterocycles. The molecule has 2 heterocycles. The zero-order chi connectivity index (χ0) is 19.7. The normalized spacial score (nSPS) is 11.3. The fourth-order valence-electron chi connectivity index (χ4n) is 2.70. The van der Waals surface area contributed by atoms with Gasteiger partial charge in [0.2, 0.25) is 0 Å². The first-order valence-corrected chi connectivity index (χ1v) is 8.11. The molecule has 4 rings (SSSR count). The lowest BCUT2D eigenvalue weighted by Crippen LogP contribution is -2.26. The summed E-state index contributed by atoms with van der Waals surface area (Å²) < 4.78 is 1.98. The van der Waals surface area contributed by atoms with Crippen LogP contribution in [0.1, 0.15) is 0 Å². The summed E-state index contributed by atoms with van der Waals surface area (Å²) in [5.41, 5.74) is 1.98. The van der Waals surface area contributed by atoms with Gasteiger partial charge in [-0.1, -0.05) is 10.4 Å². The smallest absolute Gasteiger partial charge is 0.336 e. The molecule has 0 aliphatic rings. The standard InChI is InChI=1S/C18H12N6O4/c25-21-9-10-22(26)17(21)13-1-5-15(6-2-13)19-20-16-7-3-14(4-8-16)18-23(27)11-12-24(18)28/h1-12H. The van der Waals surface area contributed by atoms with Gasteiger partial charge >= 0.3 is 11.6 Å². The highest BCUT2D eigenvalue weighted by Crippen LogP contribution is 2.24. The molecule has 0 N–H and O–H groups in total. The Bertz CT molecular complexity index is 1020. The van der Waals surface area contributed by atoms with Crippen molar-refractivity contribution in [2.75, 3.05) is 0 Å². The van der Waals surface area contributed by atoms with E-state index in [1.165, 1.54) is 0 Å². The van der Waals surface area contributed by atoms with E-state index in [-0.39, 0.29) is 11.6 Å². The van der Waals surface area contributed by atoms with Crippen molar-refractivity contribution in [3.05, 3.63) is 83.7 Å². The predicted molar refractivity (Wildman–Crippen MR) is 94.0 cm³/mol. The van der Waals surface area contributed by atoms with Gasteiger partial charge in [-0.2, -0.15) is 10.2 Å². The third-order valence-electron chi connectivity index (χ3n) is 4.04. The van der Waals surface area contributed by atoms with E-state index in [2.05, 4.69) is 10.2 Å². The molecular formula is C18H12N6O4. The van der Waals surface area contributed by atoms with Gasteiger partial charge in [-0.15, -0.1) is 0 Å². The van der Waals surface area contributed by atoms with Crippen LogP contribution >= 0.6 is 0 Å². The fourth-order valence-corrected chi connectivity index (χ4v) is 2.70. The van der Waals surface area contributed by atoms with E-state index in [0.717, 1.165) is 24.8 Å². The molecule has 28 heavy (non-hydrogen) atoms. The molecule has 0 amide bonds. The van der Waals surface area contributed by atoms with Crippen molar-refractivity contribution in [3.8, 4) is 22.8 Å². The number of benzene rings is 2. The summed E-state index contributed by atoms with van der Waals surface area (Å²) in [6.07, 6.45) is 4.55. The van der Waals surface area contributed by atoms with Gasteiger partial charge in [-0.3, -0.25) is 0 Å². The van der Waals surface area contributed by atoms with Gasteiger partial charge in [0.25, 0.3) is 0 Å². The SMILES string of the molecule is [O]n1cc[n+]([O-])c1-c1ccc(N=Nc2ccc(-c3n([O])cc[n+]3[O-])cc2)cc1. The Morgan fingerprint density at radius 1 is 0.643 bits per heavy atom. The second-order valence-corrected chi connectivity index (χ2v) is 5.84. The molecule has 0 bridgehead atoms. The van der Waals surface area contributed by atoms with Crippen LogP contribution in [-0.2, 0) is 10.4 Å². The van der Waals surface area contributed by atoms with Gasteiger partial charge in [-0.25, -0.2) is 9.46 Å². The van der Waals surface area contributed by atoms with Gasteiger partial charge in [0.1, 0.15) is 12.4 Å².